The molecule has 2 aromatic rings. The predicted octanol–water partition coefficient (Wildman–Crippen LogP) is 1.67. The fourth-order valence-corrected chi connectivity index (χ4v) is 5.68. The standard InChI is InChI=1S/C32H40F2N6O9/c1-3-11-35-30(45)23-6-5-12-40(23)25(41)18-49-24-17-22(36-20-8-7-19(33)28(34)27(20)24)29(44)37-21(9-10-26(42)43)31(46)38-13-15-39(16-14-38)32(47)48-4-2/h7-8,17,21,23H,3-6,9-16,18H2,1-2H3,(H,35,45)(H,37,44)(H,42,43)/t21-,23-/m0/s1. The van der Waals surface area contributed by atoms with Gasteiger partial charge in [-0.15, -0.1) is 0 Å². The summed E-state index contributed by atoms with van der Waals surface area (Å²) in [4.78, 5) is 84.4. The molecule has 0 aliphatic carbocycles. The number of likely N-dealkylation sites (tertiary alicyclic amines) is 1. The zero-order valence-corrected chi connectivity index (χ0v) is 27.3. The highest BCUT2D eigenvalue weighted by atomic mass is 19.2. The largest absolute Gasteiger partial charge is 0.483 e. The number of benzene rings is 1. The summed E-state index contributed by atoms with van der Waals surface area (Å²) in [5, 5.41) is 14.1. The van der Waals surface area contributed by atoms with Crippen LogP contribution in [0.5, 0.6) is 5.75 Å². The number of carboxylic acids is 1. The van der Waals surface area contributed by atoms with Crippen molar-refractivity contribution in [1.29, 1.82) is 0 Å². The Morgan fingerprint density at radius 2 is 1.76 bits per heavy atom. The summed E-state index contributed by atoms with van der Waals surface area (Å²) in [6.07, 6.45) is 0.492. The monoisotopic (exact) mass is 690 g/mol. The van der Waals surface area contributed by atoms with E-state index >= 15 is 4.39 Å². The first-order valence-corrected chi connectivity index (χ1v) is 16.2. The van der Waals surface area contributed by atoms with Crippen molar-refractivity contribution in [2.75, 3.05) is 52.5 Å². The van der Waals surface area contributed by atoms with Gasteiger partial charge < -0.3 is 39.9 Å². The lowest BCUT2D eigenvalue weighted by Gasteiger charge is -2.35. The number of halogens is 2. The number of ether oxygens (including phenoxy) is 2. The molecule has 49 heavy (non-hydrogen) atoms. The maximum Gasteiger partial charge on any atom is 0.409 e. The molecule has 17 heteroatoms. The molecule has 0 unspecified atom stereocenters. The zero-order valence-electron chi connectivity index (χ0n) is 27.3. The minimum Gasteiger partial charge on any atom is -0.483 e. The van der Waals surface area contributed by atoms with Gasteiger partial charge in [0.25, 0.3) is 11.8 Å². The number of hydrogen-bond donors (Lipinski definition) is 3. The molecule has 266 valence electrons. The number of carboxylic acid groups (broad SMARTS) is 1. The smallest absolute Gasteiger partial charge is 0.409 e. The molecule has 2 fully saturated rings. The second kappa shape index (κ2) is 16.8. The Morgan fingerprint density at radius 3 is 2.43 bits per heavy atom. The Morgan fingerprint density at radius 1 is 1.04 bits per heavy atom. The van der Waals surface area contributed by atoms with Gasteiger partial charge in [-0.3, -0.25) is 24.0 Å². The van der Waals surface area contributed by atoms with E-state index in [0.29, 0.717) is 32.4 Å². The first kappa shape index (κ1) is 36.7. The Labute approximate surface area is 280 Å². The van der Waals surface area contributed by atoms with Gasteiger partial charge in [-0.25, -0.2) is 18.6 Å². The molecule has 5 amide bonds. The van der Waals surface area contributed by atoms with Gasteiger partial charge in [0, 0.05) is 51.8 Å². The van der Waals surface area contributed by atoms with Crippen molar-refractivity contribution in [1.82, 2.24) is 30.3 Å². The van der Waals surface area contributed by atoms with E-state index in [2.05, 4.69) is 15.6 Å². The highest BCUT2D eigenvalue weighted by Gasteiger charge is 2.35. The van der Waals surface area contributed by atoms with Gasteiger partial charge in [-0.1, -0.05) is 6.92 Å². The maximum atomic E-state index is 15.0. The van der Waals surface area contributed by atoms with Crippen molar-refractivity contribution >= 4 is 46.6 Å². The summed E-state index contributed by atoms with van der Waals surface area (Å²) < 4.78 is 40.0. The number of aromatic nitrogens is 1. The molecule has 1 aromatic heterocycles. The van der Waals surface area contributed by atoms with Gasteiger partial charge >= 0.3 is 12.1 Å². The second-order valence-electron chi connectivity index (χ2n) is 11.6. The van der Waals surface area contributed by atoms with E-state index in [9.17, 15) is 38.3 Å². The molecular weight excluding hydrogens is 650 g/mol. The fourth-order valence-electron chi connectivity index (χ4n) is 5.68. The van der Waals surface area contributed by atoms with Crippen LogP contribution in [-0.2, 0) is 23.9 Å². The first-order valence-electron chi connectivity index (χ1n) is 16.2. The summed E-state index contributed by atoms with van der Waals surface area (Å²) in [5.41, 5.74) is -0.560. The summed E-state index contributed by atoms with van der Waals surface area (Å²) in [6, 6.07) is 0.905. The number of fused-ring (bicyclic) bond motifs is 1. The van der Waals surface area contributed by atoms with Crippen LogP contribution >= 0.6 is 0 Å². The lowest BCUT2D eigenvalue weighted by molar-refractivity contribution is -0.140. The molecule has 3 heterocycles. The van der Waals surface area contributed by atoms with E-state index in [1.807, 2.05) is 6.92 Å². The third kappa shape index (κ3) is 9.08. The molecule has 0 saturated carbocycles. The van der Waals surface area contributed by atoms with E-state index in [1.165, 1.54) is 14.7 Å². The van der Waals surface area contributed by atoms with Crippen LogP contribution in [0.25, 0.3) is 10.9 Å². The van der Waals surface area contributed by atoms with Gasteiger partial charge in [0.2, 0.25) is 11.8 Å². The van der Waals surface area contributed by atoms with E-state index in [-0.39, 0.29) is 62.1 Å². The second-order valence-corrected chi connectivity index (χ2v) is 11.6. The SMILES string of the molecule is CCCNC(=O)[C@@H]1CCCN1C(=O)COc1cc(C(=O)N[C@@H](CCC(=O)O)C(=O)N2CCN(C(=O)OCC)CC2)nc2ccc(F)c(F)c12. The van der Waals surface area contributed by atoms with Gasteiger partial charge in [-0.2, -0.15) is 0 Å². The highest BCUT2D eigenvalue weighted by molar-refractivity contribution is 5.99. The number of piperazine rings is 1. The summed E-state index contributed by atoms with van der Waals surface area (Å²) in [7, 11) is 0. The van der Waals surface area contributed by atoms with Crippen LogP contribution in [0.3, 0.4) is 0 Å². The van der Waals surface area contributed by atoms with E-state index in [1.54, 1.807) is 6.92 Å². The number of amides is 5. The van der Waals surface area contributed by atoms with E-state index < -0.39 is 71.9 Å². The molecule has 4 rings (SSSR count). The molecule has 0 radical (unpaired) electrons. The van der Waals surface area contributed by atoms with Crippen LogP contribution in [-0.4, -0.2) is 125 Å². The number of nitrogens with zero attached hydrogens (tertiary/aromatic N) is 4. The number of carbonyl (C=O) groups excluding carboxylic acids is 5. The number of hydrogen-bond acceptors (Lipinski definition) is 9. The Balaban J connectivity index is 1.54. The lowest BCUT2D eigenvalue weighted by Crippen LogP contribution is -2.56. The third-order valence-electron chi connectivity index (χ3n) is 8.20. The van der Waals surface area contributed by atoms with Crippen LogP contribution in [0, 0.1) is 11.6 Å². The summed E-state index contributed by atoms with van der Waals surface area (Å²) >= 11 is 0. The highest BCUT2D eigenvalue weighted by Crippen LogP contribution is 2.30. The minimum absolute atomic E-state index is 0.111. The predicted molar refractivity (Wildman–Crippen MR) is 168 cm³/mol. The van der Waals surface area contributed by atoms with Crippen molar-refractivity contribution in [2.45, 2.75) is 58.0 Å². The average Bonchev–Trinajstić information content (AvgIpc) is 3.59. The molecule has 3 N–H and O–H groups in total. The van der Waals surface area contributed by atoms with Crippen LogP contribution in [0.15, 0.2) is 18.2 Å². The maximum absolute atomic E-state index is 15.0. The van der Waals surface area contributed by atoms with Gasteiger partial charge in [0.05, 0.1) is 17.5 Å². The number of rotatable bonds is 13. The molecule has 2 atom stereocenters. The van der Waals surface area contributed by atoms with Gasteiger partial charge in [0.1, 0.15) is 23.5 Å². The topological polar surface area (TPSA) is 188 Å². The average molecular weight is 691 g/mol. The molecule has 15 nitrogen and oxygen atoms in total. The van der Waals surface area contributed by atoms with E-state index in [0.717, 1.165) is 18.2 Å². The Kier molecular flexibility index (Phi) is 12.6. The van der Waals surface area contributed by atoms with Crippen molar-refractivity contribution < 1.29 is 52.1 Å². The summed E-state index contributed by atoms with van der Waals surface area (Å²) in [6.45, 7) is 4.38. The number of nitrogens with one attached hydrogen (secondary N) is 2. The molecule has 0 bridgehead atoms. The number of pyridine rings is 1. The fraction of sp³-hybridized carbons (Fsp3) is 0.531. The Hall–Kier alpha value is -5.09. The molecule has 2 aliphatic rings. The molecule has 1 aromatic carbocycles. The van der Waals surface area contributed by atoms with Crippen molar-refractivity contribution in [2.24, 2.45) is 0 Å². The minimum atomic E-state index is -1.33. The normalized spacial score (nSPS) is 16.7. The number of carbonyl (C=O) groups is 6. The lowest BCUT2D eigenvalue weighted by atomic mass is 10.1. The van der Waals surface area contributed by atoms with Crippen molar-refractivity contribution in [3.8, 4) is 5.75 Å². The van der Waals surface area contributed by atoms with Crippen LogP contribution in [0.4, 0.5) is 13.6 Å². The molecule has 2 saturated heterocycles. The van der Waals surface area contributed by atoms with E-state index in [4.69, 9.17) is 9.47 Å². The van der Waals surface area contributed by atoms with Crippen LogP contribution in [0.2, 0.25) is 0 Å². The van der Waals surface area contributed by atoms with Crippen LogP contribution < -0.4 is 15.4 Å². The summed E-state index contributed by atoms with van der Waals surface area (Å²) in [5.74, 6) is -6.54. The zero-order chi connectivity index (χ0) is 35.7. The van der Waals surface area contributed by atoms with Crippen molar-refractivity contribution in [3.63, 3.8) is 0 Å². The molecule has 2 aliphatic heterocycles. The quantitative estimate of drug-likeness (QED) is 0.279. The third-order valence-corrected chi connectivity index (χ3v) is 8.20. The molecule has 0 spiro atoms. The van der Waals surface area contributed by atoms with Gasteiger partial charge in [-0.05, 0) is 44.7 Å². The number of aliphatic carboxylic acids is 1. The Bertz CT molecular complexity index is 1580. The first-order chi connectivity index (χ1) is 23.4. The van der Waals surface area contributed by atoms with Crippen LogP contribution in [0.1, 0.15) is 56.4 Å². The van der Waals surface area contributed by atoms with Crippen molar-refractivity contribution in [3.05, 3.63) is 35.5 Å². The molecular formula is C32H40F2N6O9. The van der Waals surface area contributed by atoms with Gasteiger partial charge in [0.15, 0.2) is 18.2 Å².